The van der Waals surface area contributed by atoms with E-state index < -0.39 is 0 Å². The zero-order valence-corrected chi connectivity index (χ0v) is 16.6. The molecule has 1 atom stereocenters. The van der Waals surface area contributed by atoms with Gasteiger partial charge < -0.3 is 15.0 Å². The number of methoxy groups -OCH3 is 1. The number of nitrogens with one attached hydrogen (secondary N) is 1. The molecule has 0 spiro atoms. The summed E-state index contributed by atoms with van der Waals surface area (Å²) >= 11 is 0. The first-order valence-electron chi connectivity index (χ1n) is 9.94. The molecule has 1 saturated heterocycles. The molecular formula is C23H26N4O2. The van der Waals surface area contributed by atoms with E-state index >= 15 is 0 Å². The summed E-state index contributed by atoms with van der Waals surface area (Å²) in [5.41, 5.74) is 3.46. The molecule has 0 radical (unpaired) electrons. The van der Waals surface area contributed by atoms with Crippen LogP contribution in [0.25, 0.3) is 5.69 Å². The van der Waals surface area contributed by atoms with E-state index in [-0.39, 0.29) is 11.9 Å². The van der Waals surface area contributed by atoms with Crippen molar-refractivity contribution in [1.82, 2.24) is 20.0 Å². The fraction of sp³-hybridized carbons (Fsp3) is 0.304. The molecule has 6 heteroatoms. The maximum absolute atomic E-state index is 12.3. The Morgan fingerprint density at radius 1 is 1.10 bits per heavy atom. The number of hydrogen-bond acceptors (Lipinski definition) is 4. The number of likely N-dealkylation sites (tertiary alicyclic amines) is 1. The van der Waals surface area contributed by atoms with E-state index in [1.54, 1.807) is 13.3 Å². The van der Waals surface area contributed by atoms with Crippen LogP contribution >= 0.6 is 0 Å². The third kappa shape index (κ3) is 4.84. The molecule has 3 aromatic rings. The lowest BCUT2D eigenvalue weighted by Crippen LogP contribution is -2.33. The number of hydrogen-bond donors (Lipinski definition) is 1. The standard InChI is InChI=1S/C23H26N4O2/c1-29-22-9-5-18(6-10-22)11-14-26-17-20(15-23(26)28)24-16-19-3-7-21(8-4-19)27-13-2-12-25-27/h2-10,12-13,20,24H,11,14-17H2,1H3/t20-/m0/s1. The highest BCUT2D eigenvalue weighted by Crippen LogP contribution is 2.16. The van der Waals surface area contributed by atoms with Gasteiger partial charge in [0.15, 0.2) is 0 Å². The molecule has 1 fully saturated rings. The van der Waals surface area contributed by atoms with Gasteiger partial charge in [0.05, 0.1) is 12.8 Å². The van der Waals surface area contributed by atoms with Crippen LogP contribution < -0.4 is 10.1 Å². The van der Waals surface area contributed by atoms with Crippen molar-refractivity contribution in [1.29, 1.82) is 0 Å². The van der Waals surface area contributed by atoms with Crippen LogP contribution in [-0.2, 0) is 17.8 Å². The van der Waals surface area contributed by atoms with E-state index in [4.69, 9.17) is 4.74 Å². The average Bonchev–Trinajstić information content (AvgIpc) is 3.41. The van der Waals surface area contributed by atoms with Crippen molar-refractivity contribution in [3.05, 3.63) is 78.1 Å². The number of ether oxygens (including phenoxy) is 1. The van der Waals surface area contributed by atoms with Crippen LogP contribution in [0.1, 0.15) is 17.5 Å². The summed E-state index contributed by atoms with van der Waals surface area (Å²) in [4.78, 5) is 14.3. The lowest BCUT2D eigenvalue weighted by atomic mass is 10.1. The number of carbonyl (C=O) groups excluding carboxylic acids is 1. The van der Waals surface area contributed by atoms with Gasteiger partial charge in [-0.3, -0.25) is 4.79 Å². The van der Waals surface area contributed by atoms with Crippen LogP contribution in [0.2, 0.25) is 0 Å². The van der Waals surface area contributed by atoms with E-state index in [0.29, 0.717) is 6.42 Å². The highest BCUT2D eigenvalue weighted by atomic mass is 16.5. The fourth-order valence-corrected chi connectivity index (χ4v) is 3.63. The summed E-state index contributed by atoms with van der Waals surface area (Å²) < 4.78 is 7.03. The first kappa shape index (κ1) is 19.2. The lowest BCUT2D eigenvalue weighted by Gasteiger charge is -2.17. The second kappa shape index (κ2) is 8.92. The normalized spacial score (nSPS) is 16.4. The Kier molecular flexibility index (Phi) is 5.91. The minimum atomic E-state index is 0.198. The molecule has 6 nitrogen and oxygen atoms in total. The molecular weight excluding hydrogens is 364 g/mol. The number of carbonyl (C=O) groups is 1. The number of amides is 1. The van der Waals surface area contributed by atoms with E-state index in [0.717, 1.165) is 37.5 Å². The van der Waals surface area contributed by atoms with Gasteiger partial charge in [0.25, 0.3) is 0 Å². The van der Waals surface area contributed by atoms with Gasteiger partial charge in [-0.15, -0.1) is 0 Å². The lowest BCUT2D eigenvalue weighted by molar-refractivity contribution is -0.127. The second-order valence-electron chi connectivity index (χ2n) is 7.34. The van der Waals surface area contributed by atoms with Crippen LogP contribution in [-0.4, -0.2) is 46.8 Å². The summed E-state index contributed by atoms with van der Waals surface area (Å²) in [5, 5.41) is 7.77. The van der Waals surface area contributed by atoms with Crippen LogP contribution in [0, 0.1) is 0 Å². The molecule has 150 valence electrons. The molecule has 1 amide bonds. The Balaban J connectivity index is 1.24. The Hall–Kier alpha value is -3.12. The van der Waals surface area contributed by atoms with Crippen LogP contribution in [0.15, 0.2) is 67.0 Å². The van der Waals surface area contributed by atoms with Gasteiger partial charge in [-0.05, 0) is 47.9 Å². The minimum Gasteiger partial charge on any atom is -0.497 e. The first-order chi connectivity index (χ1) is 14.2. The van der Waals surface area contributed by atoms with Gasteiger partial charge in [0.1, 0.15) is 5.75 Å². The van der Waals surface area contributed by atoms with Gasteiger partial charge in [-0.25, -0.2) is 4.68 Å². The predicted molar refractivity (Wildman–Crippen MR) is 112 cm³/mol. The third-order valence-corrected chi connectivity index (χ3v) is 5.34. The zero-order valence-electron chi connectivity index (χ0n) is 16.6. The highest BCUT2D eigenvalue weighted by Gasteiger charge is 2.28. The van der Waals surface area contributed by atoms with Gasteiger partial charge in [-0.1, -0.05) is 24.3 Å². The molecule has 0 aliphatic carbocycles. The van der Waals surface area contributed by atoms with E-state index in [1.807, 2.05) is 34.0 Å². The number of benzene rings is 2. The smallest absolute Gasteiger partial charge is 0.224 e. The maximum atomic E-state index is 12.3. The topological polar surface area (TPSA) is 59.4 Å². The van der Waals surface area contributed by atoms with Crippen molar-refractivity contribution in [2.45, 2.75) is 25.4 Å². The predicted octanol–water partition coefficient (Wildman–Crippen LogP) is 2.81. The SMILES string of the molecule is COc1ccc(CCN2C[C@@H](NCc3ccc(-n4cccn4)cc3)CC2=O)cc1. The van der Waals surface area contributed by atoms with Crippen molar-refractivity contribution in [3.63, 3.8) is 0 Å². The Morgan fingerprint density at radius 2 is 1.86 bits per heavy atom. The van der Waals surface area contributed by atoms with Crippen molar-refractivity contribution in [3.8, 4) is 11.4 Å². The highest BCUT2D eigenvalue weighted by molar-refractivity contribution is 5.79. The second-order valence-corrected chi connectivity index (χ2v) is 7.34. The molecule has 0 saturated carbocycles. The van der Waals surface area contributed by atoms with Crippen LogP contribution in [0.5, 0.6) is 5.75 Å². The van der Waals surface area contributed by atoms with Crippen molar-refractivity contribution in [2.24, 2.45) is 0 Å². The summed E-state index contributed by atoms with van der Waals surface area (Å²) in [5.74, 6) is 1.08. The van der Waals surface area contributed by atoms with Crippen LogP contribution in [0.3, 0.4) is 0 Å². The molecule has 0 unspecified atom stereocenters. The molecule has 1 aromatic heterocycles. The molecule has 1 aliphatic heterocycles. The number of rotatable bonds is 8. The Morgan fingerprint density at radius 3 is 2.55 bits per heavy atom. The largest absolute Gasteiger partial charge is 0.497 e. The van der Waals surface area contributed by atoms with Gasteiger partial charge >= 0.3 is 0 Å². The van der Waals surface area contributed by atoms with Gasteiger partial charge in [0, 0.05) is 44.5 Å². The molecule has 29 heavy (non-hydrogen) atoms. The molecule has 4 rings (SSSR count). The van der Waals surface area contributed by atoms with E-state index in [9.17, 15) is 4.79 Å². The summed E-state index contributed by atoms with van der Waals surface area (Å²) in [6.45, 7) is 2.27. The van der Waals surface area contributed by atoms with Crippen molar-refractivity contribution in [2.75, 3.05) is 20.2 Å². The quantitative estimate of drug-likeness (QED) is 0.643. The third-order valence-electron chi connectivity index (χ3n) is 5.34. The minimum absolute atomic E-state index is 0.198. The van der Waals surface area contributed by atoms with Crippen LogP contribution in [0.4, 0.5) is 0 Å². The van der Waals surface area contributed by atoms with Gasteiger partial charge in [-0.2, -0.15) is 5.10 Å². The number of nitrogens with zero attached hydrogens (tertiary/aromatic N) is 3. The fourth-order valence-electron chi connectivity index (χ4n) is 3.63. The van der Waals surface area contributed by atoms with Crippen molar-refractivity contribution >= 4 is 5.91 Å². The summed E-state index contributed by atoms with van der Waals surface area (Å²) in [7, 11) is 1.67. The molecule has 1 N–H and O–H groups in total. The molecule has 2 aromatic carbocycles. The maximum Gasteiger partial charge on any atom is 0.224 e. The number of aromatic nitrogens is 2. The summed E-state index contributed by atoms with van der Waals surface area (Å²) in [6.07, 6.45) is 5.12. The van der Waals surface area contributed by atoms with E-state index in [2.05, 4.69) is 46.8 Å². The monoisotopic (exact) mass is 390 g/mol. The Bertz CT molecular complexity index is 921. The molecule has 2 heterocycles. The van der Waals surface area contributed by atoms with Crippen molar-refractivity contribution < 1.29 is 9.53 Å². The summed E-state index contributed by atoms with van der Waals surface area (Å²) in [6, 6.07) is 18.5. The van der Waals surface area contributed by atoms with E-state index in [1.165, 1.54) is 11.1 Å². The molecule has 0 bridgehead atoms. The average molecular weight is 390 g/mol. The first-order valence-corrected chi connectivity index (χ1v) is 9.94. The Labute approximate surface area is 171 Å². The van der Waals surface area contributed by atoms with Gasteiger partial charge in [0.2, 0.25) is 5.91 Å². The molecule has 1 aliphatic rings. The zero-order chi connectivity index (χ0) is 20.1.